The Hall–Kier alpha value is -0.263. The maximum Gasteiger partial charge on any atom is 0.317 e. The molecule has 0 aliphatic carbocycles. The summed E-state index contributed by atoms with van der Waals surface area (Å²) in [4.78, 5) is 12.8. The van der Waals surface area contributed by atoms with E-state index in [1.54, 1.807) is 4.90 Å². The fraction of sp³-hybridized carbons (Fsp3) is 0.833. The Morgan fingerprint density at radius 3 is 2.92 bits per heavy atom. The summed E-state index contributed by atoms with van der Waals surface area (Å²) < 4.78 is 0. The number of nitrogens with one attached hydrogen (secondary N) is 1. The Morgan fingerprint density at radius 2 is 2.50 bits per heavy atom. The zero-order valence-electron chi connectivity index (χ0n) is 6.75. The lowest BCUT2D eigenvalue weighted by molar-refractivity contribution is 0.213. The Labute approximate surface area is 78.7 Å². The predicted octanol–water partition coefficient (Wildman–Crippen LogP) is -0.423. The highest BCUT2D eigenvalue weighted by Crippen LogP contribution is 2.04. The lowest BCUT2D eigenvalue weighted by Gasteiger charge is -2.22. The van der Waals surface area contributed by atoms with Gasteiger partial charge in [-0.15, -0.1) is 0 Å². The van der Waals surface area contributed by atoms with Crippen molar-refractivity contribution in [2.24, 2.45) is 0 Å². The minimum atomic E-state index is -0.839. The molecule has 2 radical (unpaired) electrons. The topological polar surface area (TPSA) is 52.6 Å². The fourth-order valence-corrected chi connectivity index (χ4v) is 2.52. The number of alkyl halides is 1. The van der Waals surface area contributed by atoms with Crippen LogP contribution in [0.25, 0.3) is 0 Å². The average molecular weight is 207 g/mol. The van der Waals surface area contributed by atoms with Gasteiger partial charge in [0.05, 0.1) is 0 Å². The Morgan fingerprint density at radius 1 is 1.83 bits per heavy atom. The van der Waals surface area contributed by atoms with Crippen LogP contribution in [-0.2, 0) is 0 Å². The van der Waals surface area contributed by atoms with Gasteiger partial charge in [-0.25, -0.2) is 4.79 Å². The smallest absolute Gasteiger partial charge is 0.317 e. The quantitative estimate of drug-likeness (QED) is 0.487. The van der Waals surface area contributed by atoms with Crippen molar-refractivity contribution in [1.29, 1.82) is 0 Å². The van der Waals surface area contributed by atoms with E-state index in [0.29, 0.717) is 13.1 Å². The van der Waals surface area contributed by atoms with Gasteiger partial charge in [0.25, 0.3) is 0 Å². The van der Waals surface area contributed by atoms with Crippen LogP contribution in [0.2, 0.25) is 0 Å². The SMILES string of the molecule is CC([Si]C(O)Cl)N1CCNC1=O. The van der Waals surface area contributed by atoms with Crippen LogP contribution in [0, 0.1) is 0 Å². The van der Waals surface area contributed by atoms with Crippen LogP contribution in [-0.4, -0.2) is 49.5 Å². The van der Waals surface area contributed by atoms with Crippen LogP contribution in [0.1, 0.15) is 6.92 Å². The molecule has 0 saturated carbocycles. The molecule has 2 amide bonds. The first-order valence-corrected chi connectivity index (χ1v) is 5.33. The molecule has 1 aliphatic heterocycles. The molecule has 1 heterocycles. The van der Waals surface area contributed by atoms with Crippen molar-refractivity contribution in [1.82, 2.24) is 10.2 Å². The second-order valence-corrected chi connectivity index (χ2v) is 5.10. The first-order chi connectivity index (χ1) is 5.61. The van der Waals surface area contributed by atoms with E-state index in [2.05, 4.69) is 5.32 Å². The molecule has 2 N–H and O–H groups in total. The van der Waals surface area contributed by atoms with Crippen molar-refractivity contribution in [3.63, 3.8) is 0 Å². The molecule has 1 saturated heterocycles. The number of hydrogen-bond acceptors (Lipinski definition) is 2. The third kappa shape index (κ3) is 2.36. The summed E-state index contributed by atoms with van der Waals surface area (Å²) in [5, 5.41) is 10.7. The van der Waals surface area contributed by atoms with E-state index in [-0.39, 0.29) is 21.2 Å². The molecule has 12 heavy (non-hydrogen) atoms. The number of rotatable bonds is 3. The molecular weight excluding hydrogens is 196 g/mol. The van der Waals surface area contributed by atoms with E-state index in [0.717, 1.165) is 0 Å². The maximum absolute atomic E-state index is 11.1. The van der Waals surface area contributed by atoms with Crippen molar-refractivity contribution in [3.05, 3.63) is 0 Å². The summed E-state index contributed by atoms with van der Waals surface area (Å²) >= 11 is 5.41. The van der Waals surface area contributed by atoms with Crippen LogP contribution in [0.3, 0.4) is 0 Å². The molecule has 0 bridgehead atoms. The van der Waals surface area contributed by atoms with Crippen LogP contribution < -0.4 is 5.32 Å². The molecule has 0 aromatic heterocycles. The van der Waals surface area contributed by atoms with Crippen molar-refractivity contribution >= 4 is 27.2 Å². The third-order valence-electron chi connectivity index (χ3n) is 1.74. The maximum atomic E-state index is 11.1. The predicted molar refractivity (Wildman–Crippen MR) is 47.2 cm³/mol. The molecule has 68 valence electrons. The van der Waals surface area contributed by atoms with Gasteiger partial charge in [-0.1, -0.05) is 11.6 Å². The van der Waals surface area contributed by atoms with E-state index in [4.69, 9.17) is 16.7 Å². The zero-order chi connectivity index (χ0) is 9.14. The average Bonchev–Trinajstić information content (AvgIpc) is 2.33. The number of halogens is 1. The molecule has 1 fully saturated rings. The number of aliphatic hydroxyl groups is 1. The normalized spacial score (nSPS) is 22.2. The standard InChI is InChI=1S/C6H11ClN2O2Si/c1-4(12-5(7)10)9-3-2-8-6(9)11/h4-5,10H,2-3H2,1H3,(H,8,11). The van der Waals surface area contributed by atoms with Crippen molar-refractivity contribution < 1.29 is 9.90 Å². The molecular formula is C6H11ClN2O2Si. The molecule has 0 spiro atoms. The minimum Gasteiger partial charge on any atom is -0.382 e. The number of amides is 2. The van der Waals surface area contributed by atoms with Crippen LogP contribution in [0.4, 0.5) is 4.79 Å². The summed E-state index contributed by atoms with van der Waals surface area (Å²) in [6.45, 7) is 3.28. The number of nitrogens with zero attached hydrogens (tertiary/aromatic N) is 1. The molecule has 2 atom stereocenters. The van der Waals surface area contributed by atoms with Gasteiger partial charge < -0.3 is 15.3 Å². The fourth-order valence-electron chi connectivity index (χ4n) is 1.14. The van der Waals surface area contributed by atoms with Gasteiger partial charge in [-0.3, -0.25) is 0 Å². The Balaban J connectivity index is 2.40. The molecule has 2 unspecified atom stereocenters. The van der Waals surface area contributed by atoms with Crippen LogP contribution >= 0.6 is 11.6 Å². The summed E-state index contributed by atoms with van der Waals surface area (Å²) in [7, 11) is 0.168. The second kappa shape index (κ2) is 4.11. The highest BCUT2D eigenvalue weighted by atomic mass is 35.5. The lowest BCUT2D eigenvalue weighted by Crippen LogP contribution is -2.42. The summed E-state index contributed by atoms with van der Waals surface area (Å²) in [6.07, 6.45) is 0. The number of carbonyl (C=O) groups excluding carboxylic acids is 1. The van der Waals surface area contributed by atoms with Gasteiger partial charge >= 0.3 is 6.03 Å². The van der Waals surface area contributed by atoms with Crippen LogP contribution in [0.15, 0.2) is 0 Å². The van der Waals surface area contributed by atoms with Gasteiger partial charge in [0.1, 0.15) is 14.7 Å². The van der Waals surface area contributed by atoms with Gasteiger partial charge in [-0.05, 0) is 6.92 Å². The largest absolute Gasteiger partial charge is 0.382 e. The van der Waals surface area contributed by atoms with E-state index in [1.807, 2.05) is 6.92 Å². The van der Waals surface area contributed by atoms with E-state index >= 15 is 0 Å². The van der Waals surface area contributed by atoms with Gasteiger partial charge in [0, 0.05) is 18.8 Å². The monoisotopic (exact) mass is 206 g/mol. The van der Waals surface area contributed by atoms with Crippen molar-refractivity contribution in [2.75, 3.05) is 13.1 Å². The highest BCUT2D eigenvalue weighted by Gasteiger charge is 2.26. The van der Waals surface area contributed by atoms with Crippen LogP contribution in [0.5, 0.6) is 0 Å². The number of hydrogen-bond donors (Lipinski definition) is 2. The molecule has 1 rings (SSSR count). The Kier molecular flexibility index (Phi) is 3.36. The number of carbonyl (C=O) groups is 1. The summed E-state index contributed by atoms with van der Waals surface area (Å²) in [5.41, 5.74) is 0.0278. The van der Waals surface area contributed by atoms with Gasteiger partial charge in [0.15, 0.2) is 0 Å². The number of aliphatic hydroxyl groups excluding tert-OH is 1. The zero-order valence-corrected chi connectivity index (χ0v) is 8.51. The van der Waals surface area contributed by atoms with E-state index < -0.39 is 5.19 Å². The van der Waals surface area contributed by atoms with Crippen molar-refractivity contribution in [3.8, 4) is 0 Å². The first kappa shape index (κ1) is 9.82. The minimum absolute atomic E-state index is 0.0278. The van der Waals surface area contributed by atoms with Crippen molar-refractivity contribution in [2.45, 2.75) is 17.8 Å². The highest BCUT2D eigenvalue weighted by molar-refractivity contribution is 6.53. The molecule has 4 nitrogen and oxygen atoms in total. The third-order valence-corrected chi connectivity index (χ3v) is 3.18. The van der Waals surface area contributed by atoms with Gasteiger partial charge in [0.2, 0.25) is 0 Å². The lowest BCUT2D eigenvalue weighted by atomic mass is 10.6. The Bertz CT molecular complexity index is 179. The number of urea groups is 1. The summed E-state index contributed by atoms with van der Waals surface area (Å²) in [6, 6.07) is -0.0627. The summed E-state index contributed by atoms with van der Waals surface area (Å²) in [5.74, 6) is 0. The molecule has 0 aromatic rings. The molecule has 6 heteroatoms. The van der Waals surface area contributed by atoms with E-state index in [9.17, 15) is 4.79 Å². The molecule has 0 aromatic carbocycles. The van der Waals surface area contributed by atoms with Gasteiger partial charge in [-0.2, -0.15) is 0 Å². The second-order valence-electron chi connectivity index (χ2n) is 2.60. The van der Waals surface area contributed by atoms with E-state index in [1.165, 1.54) is 0 Å². The first-order valence-electron chi connectivity index (χ1n) is 3.74. The molecule has 1 aliphatic rings.